The summed E-state index contributed by atoms with van der Waals surface area (Å²) in [5.41, 5.74) is 4.14. The number of aromatic nitrogens is 3. The van der Waals surface area contributed by atoms with Gasteiger partial charge in [-0.2, -0.15) is 0 Å². The fourth-order valence-corrected chi connectivity index (χ4v) is 4.06. The fraction of sp³-hybridized carbons (Fsp3) is 0.318. The summed E-state index contributed by atoms with van der Waals surface area (Å²) in [4.78, 5) is 12.8. The summed E-state index contributed by atoms with van der Waals surface area (Å²) in [5.74, 6) is 1.43. The van der Waals surface area contributed by atoms with Crippen molar-refractivity contribution in [3.05, 3.63) is 65.5 Å². The molecule has 1 aliphatic rings. The summed E-state index contributed by atoms with van der Waals surface area (Å²) in [7, 11) is 0. The van der Waals surface area contributed by atoms with Crippen LogP contribution in [0.2, 0.25) is 0 Å². The lowest BCUT2D eigenvalue weighted by atomic mass is 10.1. The quantitative estimate of drug-likeness (QED) is 0.607. The van der Waals surface area contributed by atoms with Crippen molar-refractivity contribution in [2.45, 2.75) is 49.9 Å². The van der Waals surface area contributed by atoms with Crippen molar-refractivity contribution in [2.24, 2.45) is 0 Å². The zero-order valence-electron chi connectivity index (χ0n) is 16.3. The second kappa shape index (κ2) is 7.80. The monoisotopic (exact) mass is 392 g/mol. The fourth-order valence-electron chi connectivity index (χ4n) is 3.18. The van der Waals surface area contributed by atoms with Crippen LogP contribution >= 0.6 is 11.8 Å². The molecule has 1 aromatic heterocycles. The maximum Gasteiger partial charge on any atom is 0.237 e. The van der Waals surface area contributed by atoms with E-state index < -0.39 is 0 Å². The van der Waals surface area contributed by atoms with E-state index in [0.717, 1.165) is 40.8 Å². The molecule has 0 aliphatic heterocycles. The minimum Gasteiger partial charge on any atom is -0.325 e. The van der Waals surface area contributed by atoms with Crippen LogP contribution in [0.1, 0.15) is 42.6 Å². The topological polar surface area (TPSA) is 59.8 Å². The summed E-state index contributed by atoms with van der Waals surface area (Å²) in [6.07, 6.45) is 2.30. The molecule has 3 aromatic rings. The number of thioether (sulfide) groups is 1. The molecule has 1 aliphatic carbocycles. The Kier molecular flexibility index (Phi) is 5.22. The van der Waals surface area contributed by atoms with Crippen LogP contribution in [0, 0.1) is 13.8 Å². The molecule has 0 unspecified atom stereocenters. The number of amides is 1. The zero-order chi connectivity index (χ0) is 19.7. The molecular formula is C22H24N4OS. The molecule has 0 bridgehead atoms. The predicted octanol–water partition coefficient (Wildman–Crippen LogP) is 4.88. The van der Waals surface area contributed by atoms with Crippen LogP contribution in [0.4, 0.5) is 5.69 Å². The minimum absolute atomic E-state index is 0.0347. The average molecular weight is 393 g/mol. The summed E-state index contributed by atoms with van der Waals surface area (Å²) in [6.45, 7) is 5.96. The Labute approximate surface area is 169 Å². The molecule has 28 heavy (non-hydrogen) atoms. The van der Waals surface area contributed by atoms with Crippen molar-refractivity contribution < 1.29 is 4.79 Å². The van der Waals surface area contributed by atoms with Crippen molar-refractivity contribution in [1.29, 1.82) is 0 Å². The minimum atomic E-state index is -0.292. The predicted molar refractivity (Wildman–Crippen MR) is 113 cm³/mol. The smallest absolute Gasteiger partial charge is 0.237 e. The highest BCUT2D eigenvalue weighted by atomic mass is 32.2. The highest BCUT2D eigenvalue weighted by Crippen LogP contribution is 2.41. The van der Waals surface area contributed by atoms with Gasteiger partial charge in [0.1, 0.15) is 5.82 Å². The number of hydrogen-bond acceptors (Lipinski definition) is 4. The van der Waals surface area contributed by atoms with E-state index in [1.165, 1.54) is 17.3 Å². The summed E-state index contributed by atoms with van der Waals surface area (Å²) in [5, 5.41) is 12.4. The Morgan fingerprint density at radius 2 is 1.89 bits per heavy atom. The number of para-hydroxylation sites is 1. The molecule has 1 heterocycles. The van der Waals surface area contributed by atoms with Crippen LogP contribution in [-0.2, 0) is 4.79 Å². The van der Waals surface area contributed by atoms with E-state index in [9.17, 15) is 4.79 Å². The molecule has 0 spiro atoms. The molecule has 144 valence electrons. The molecule has 4 rings (SSSR count). The van der Waals surface area contributed by atoms with Crippen molar-refractivity contribution in [3.63, 3.8) is 0 Å². The maximum absolute atomic E-state index is 12.8. The first-order chi connectivity index (χ1) is 13.5. The van der Waals surface area contributed by atoms with Gasteiger partial charge in [0.05, 0.1) is 5.25 Å². The first-order valence-corrected chi connectivity index (χ1v) is 10.5. The third-order valence-corrected chi connectivity index (χ3v) is 5.95. The third-order valence-electron chi connectivity index (χ3n) is 4.91. The molecule has 1 saturated carbocycles. The molecule has 2 aromatic carbocycles. The number of carbonyl (C=O) groups is 1. The van der Waals surface area contributed by atoms with Crippen molar-refractivity contribution >= 4 is 23.4 Å². The van der Waals surface area contributed by atoms with Gasteiger partial charge in [-0.3, -0.25) is 9.36 Å². The highest BCUT2D eigenvalue weighted by molar-refractivity contribution is 8.00. The van der Waals surface area contributed by atoms with Gasteiger partial charge in [-0.25, -0.2) is 0 Å². The standard InChI is InChI=1S/C22H24N4OS/c1-14-9-12-19(15(2)13-14)23-21(27)16(3)28-22-25-24-20(17-10-11-17)26(22)18-7-5-4-6-8-18/h4-9,12-13,16-17H,10-11H2,1-3H3,(H,23,27)/t16-/m0/s1. The number of hydrogen-bond donors (Lipinski definition) is 1. The molecule has 1 fully saturated rings. The maximum atomic E-state index is 12.8. The summed E-state index contributed by atoms with van der Waals surface area (Å²) in [6, 6.07) is 16.2. The van der Waals surface area contributed by atoms with E-state index in [2.05, 4.69) is 38.3 Å². The lowest BCUT2D eigenvalue weighted by Gasteiger charge is -2.15. The number of nitrogens with zero attached hydrogens (tertiary/aromatic N) is 3. The van der Waals surface area contributed by atoms with Gasteiger partial charge >= 0.3 is 0 Å². The Hall–Kier alpha value is -2.60. The molecule has 6 heteroatoms. The van der Waals surface area contributed by atoms with E-state index in [1.807, 2.05) is 51.1 Å². The Morgan fingerprint density at radius 1 is 1.14 bits per heavy atom. The highest BCUT2D eigenvalue weighted by Gasteiger charge is 2.31. The molecule has 1 N–H and O–H groups in total. The van der Waals surface area contributed by atoms with Crippen molar-refractivity contribution in [1.82, 2.24) is 14.8 Å². The van der Waals surface area contributed by atoms with Crippen LogP contribution in [-0.4, -0.2) is 25.9 Å². The Balaban J connectivity index is 1.54. The number of aryl methyl sites for hydroxylation is 2. The van der Waals surface area contributed by atoms with Gasteiger partial charge in [-0.1, -0.05) is 47.7 Å². The van der Waals surface area contributed by atoms with Crippen LogP contribution in [0.15, 0.2) is 53.7 Å². The van der Waals surface area contributed by atoms with Gasteiger partial charge in [0.15, 0.2) is 5.16 Å². The van der Waals surface area contributed by atoms with Crippen LogP contribution in [0.3, 0.4) is 0 Å². The number of rotatable bonds is 6. The second-order valence-corrected chi connectivity index (χ2v) is 8.66. The van der Waals surface area contributed by atoms with Gasteiger partial charge in [0.2, 0.25) is 5.91 Å². The van der Waals surface area contributed by atoms with Crippen molar-refractivity contribution in [2.75, 3.05) is 5.32 Å². The van der Waals surface area contributed by atoms with Gasteiger partial charge in [0, 0.05) is 17.3 Å². The second-order valence-electron chi connectivity index (χ2n) is 7.35. The number of carbonyl (C=O) groups excluding carboxylic acids is 1. The molecule has 0 radical (unpaired) electrons. The molecule has 1 atom stereocenters. The van der Waals surface area contributed by atoms with Crippen LogP contribution < -0.4 is 5.32 Å². The largest absolute Gasteiger partial charge is 0.325 e. The first kappa shape index (κ1) is 18.7. The van der Waals surface area contributed by atoms with E-state index in [1.54, 1.807) is 0 Å². The normalized spacial score (nSPS) is 14.7. The Bertz CT molecular complexity index is 995. The van der Waals surface area contributed by atoms with Gasteiger partial charge in [-0.05, 0) is 57.4 Å². The molecule has 1 amide bonds. The van der Waals surface area contributed by atoms with Crippen molar-refractivity contribution in [3.8, 4) is 5.69 Å². The van der Waals surface area contributed by atoms with E-state index in [0.29, 0.717) is 5.92 Å². The Morgan fingerprint density at radius 3 is 2.57 bits per heavy atom. The lowest BCUT2D eigenvalue weighted by Crippen LogP contribution is -2.23. The van der Waals surface area contributed by atoms with Crippen LogP contribution in [0.5, 0.6) is 0 Å². The SMILES string of the molecule is Cc1ccc(NC(=O)[C@H](C)Sc2nnc(C3CC3)n2-c2ccccc2)c(C)c1. The number of benzene rings is 2. The lowest BCUT2D eigenvalue weighted by molar-refractivity contribution is -0.115. The first-order valence-electron chi connectivity index (χ1n) is 9.58. The van der Waals surface area contributed by atoms with Gasteiger partial charge in [-0.15, -0.1) is 10.2 Å². The summed E-state index contributed by atoms with van der Waals surface area (Å²) >= 11 is 1.44. The van der Waals surface area contributed by atoms with E-state index >= 15 is 0 Å². The molecule has 0 saturated heterocycles. The van der Waals surface area contributed by atoms with Gasteiger partial charge in [0.25, 0.3) is 0 Å². The summed E-state index contributed by atoms with van der Waals surface area (Å²) < 4.78 is 2.10. The van der Waals surface area contributed by atoms with E-state index in [4.69, 9.17) is 0 Å². The van der Waals surface area contributed by atoms with Gasteiger partial charge < -0.3 is 5.32 Å². The molecular weight excluding hydrogens is 368 g/mol. The van der Waals surface area contributed by atoms with Crippen LogP contribution in [0.25, 0.3) is 5.69 Å². The third kappa shape index (κ3) is 3.97. The number of nitrogens with one attached hydrogen (secondary N) is 1. The number of anilines is 1. The average Bonchev–Trinajstić information content (AvgIpc) is 3.45. The zero-order valence-corrected chi connectivity index (χ0v) is 17.2. The van der Waals surface area contributed by atoms with E-state index in [-0.39, 0.29) is 11.2 Å². The molecule has 5 nitrogen and oxygen atoms in total.